The second-order valence-electron chi connectivity index (χ2n) is 9.53. The van der Waals surface area contributed by atoms with Crippen LogP contribution in [0.15, 0.2) is 30.5 Å². The van der Waals surface area contributed by atoms with Crippen LogP contribution in [-0.4, -0.2) is 64.5 Å². The molecule has 1 aromatic heterocycles. The Balaban J connectivity index is 1.80. The Morgan fingerprint density at radius 2 is 1.74 bits per heavy atom. The summed E-state index contributed by atoms with van der Waals surface area (Å²) in [5, 5.41) is 21.3. The van der Waals surface area contributed by atoms with Gasteiger partial charge in [0, 0.05) is 23.5 Å². The Morgan fingerprint density at radius 1 is 1.03 bits per heavy atom. The van der Waals surface area contributed by atoms with Gasteiger partial charge in [-0.3, -0.25) is 19.2 Å². The maximum absolute atomic E-state index is 13.3. The van der Waals surface area contributed by atoms with Crippen LogP contribution in [0.25, 0.3) is 10.9 Å². The summed E-state index contributed by atoms with van der Waals surface area (Å²) in [5.74, 6) is -2.38. The van der Waals surface area contributed by atoms with E-state index in [1.165, 1.54) is 6.92 Å². The van der Waals surface area contributed by atoms with Crippen molar-refractivity contribution in [1.29, 1.82) is 0 Å². The Kier molecular flexibility index (Phi) is 8.86. The highest BCUT2D eigenvalue weighted by atomic mass is 16.4. The number of aliphatic carboxylic acids is 1. The maximum atomic E-state index is 13.3. The van der Waals surface area contributed by atoms with Crippen molar-refractivity contribution in [1.82, 2.24) is 26.3 Å². The standard InChI is InChI=1S/C25H35N5O5/c1-14(2)11-20(29-22(31)19-9-6-10-26-19)24(33)30-21(23(32)28-15(3)25(34)35)12-16-13-27-18-8-5-4-7-17(16)18/h4-5,7-8,13-15,19-21,26-27H,6,9-12H2,1-3H3,(H,28,32)(H,29,31)(H,30,33)(H,34,35). The van der Waals surface area contributed by atoms with E-state index in [0.29, 0.717) is 12.8 Å². The van der Waals surface area contributed by atoms with Crippen molar-refractivity contribution in [3.8, 4) is 0 Å². The summed E-state index contributed by atoms with van der Waals surface area (Å²) in [4.78, 5) is 53.5. The van der Waals surface area contributed by atoms with Crippen LogP contribution >= 0.6 is 0 Å². The number of carbonyl (C=O) groups excluding carboxylic acids is 3. The molecule has 10 heteroatoms. The summed E-state index contributed by atoms with van der Waals surface area (Å²) in [5.41, 5.74) is 1.70. The number of para-hydroxylation sites is 1. The van der Waals surface area contributed by atoms with Crippen molar-refractivity contribution < 1.29 is 24.3 Å². The molecule has 1 saturated heterocycles. The summed E-state index contributed by atoms with van der Waals surface area (Å²) in [6.45, 7) is 6.02. The van der Waals surface area contributed by atoms with Gasteiger partial charge in [0.05, 0.1) is 6.04 Å². The maximum Gasteiger partial charge on any atom is 0.325 e. The number of benzene rings is 1. The van der Waals surface area contributed by atoms with Crippen LogP contribution in [-0.2, 0) is 25.6 Å². The number of aromatic amines is 1. The molecule has 35 heavy (non-hydrogen) atoms. The Morgan fingerprint density at radius 3 is 2.40 bits per heavy atom. The highest BCUT2D eigenvalue weighted by Crippen LogP contribution is 2.19. The number of hydrogen-bond acceptors (Lipinski definition) is 5. The third-order valence-electron chi connectivity index (χ3n) is 6.18. The molecular formula is C25H35N5O5. The molecule has 1 fully saturated rings. The minimum atomic E-state index is -1.18. The van der Waals surface area contributed by atoms with Gasteiger partial charge in [0.25, 0.3) is 0 Å². The Bertz CT molecular complexity index is 1060. The normalized spacial score (nSPS) is 18.1. The number of carboxylic acids is 1. The van der Waals surface area contributed by atoms with E-state index in [-0.39, 0.29) is 24.3 Å². The number of hydrogen-bond donors (Lipinski definition) is 6. The van der Waals surface area contributed by atoms with E-state index in [0.717, 1.165) is 29.4 Å². The smallest absolute Gasteiger partial charge is 0.325 e. The van der Waals surface area contributed by atoms with E-state index in [1.807, 2.05) is 38.1 Å². The lowest BCUT2D eigenvalue weighted by molar-refractivity contribution is -0.141. The molecule has 0 saturated carbocycles. The first-order chi connectivity index (χ1) is 16.7. The number of carboxylic acid groups (broad SMARTS) is 1. The molecule has 2 aromatic rings. The zero-order chi connectivity index (χ0) is 25.5. The molecule has 4 atom stereocenters. The third-order valence-corrected chi connectivity index (χ3v) is 6.18. The van der Waals surface area contributed by atoms with Crippen LogP contribution in [0.3, 0.4) is 0 Å². The zero-order valence-electron chi connectivity index (χ0n) is 20.4. The molecule has 0 bridgehead atoms. The lowest BCUT2D eigenvalue weighted by Gasteiger charge is -2.25. The first-order valence-corrected chi connectivity index (χ1v) is 12.1. The number of aromatic nitrogens is 1. The van der Waals surface area contributed by atoms with Crippen molar-refractivity contribution in [2.24, 2.45) is 5.92 Å². The van der Waals surface area contributed by atoms with Gasteiger partial charge in [-0.05, 0) is 50.3 Å². The molecule has 1 aromatic carbocycles. The Hall–Kier alpha value is -3.40. The van der Waals surface area contributed by atoms with Crippen molar-refractivity contribution in [3.05, 3.63) is 36.0 Å². The van der Waals surface area contributed by atoms with E-state index in [4.69, 9.17) is 0 Å². The first kappa shape index (κ1) is 26.2. The molecule has 0 spiro atoms. The topological polar surface area (TPSA) is 152 Å². The van der Waals surface area contributed by atoms with Gasteiger partial charge < -0.3 is 31.4 Å². The second-order valence-corrected chi connectivity index (χ2v) is 9.53. The first-order valence-electron chi connectivity index (χ1n) is 12.1. The largest absolute Gasteiger partial charge is 0.480 e. The zero-order valence-corrected chi connectivity index (χ0v) is 20.4. The fourth-order valence-corrected chi connectivity index (χ4v) is 4.26. The SMILES string of the molecule is CC(C)CC(NC(=O)C1CCCN1)C(=O)NC(Cc1c[nH]c2ccccc12)C(=O)NC(C)C(=O)O. The molecule has 1 aliphatic heterocycles. The van der Waals surface area contributed by atoms with Crippen molar-refractivity contribution in [3.63, 3.8) is 0 Å². The van der Waals surface area contributed by atoms with Gasteiger partial charge in [-0.25, -0.2) is 0 Å². The van der Waals surface area contributed by atoms with Crippen LogP contribution < -0.4 is 21.3 Å². The fraction of sp³-hybridized carbons (Fsp3) is 0.520. The average molecular weight is 486 g/mol. The summed E-state index contributed by atoms with van der Waals surface area (Å²) < 4.78 is 0. The lowest BCUT2D eigenvalue weighted by atomic mass is 10.00. The van der Waals surface area contributed by atoms with Crippen LogP contribution in [0.5, 0.6) is 0 Å². The van der Waals surface area contributed by atoms with Crippen molar-refractivity contribution in [2.75, 3.05) is 6.54 Å². The fourth-order valence-electron chi connectivity index (χ4n) is 4.26. The second kappa shape index (κ2) is 11.8. The van der Waals surface area contributed by atoms with E-state index in [2.05, 4.69) is 26.3 Å². The van der Waals surface area contributed by atoms with E-state index >= 15 is 0 Å². The van der Waals surface area contributed by atoms with Crippen LogP contribution in [0.4, 0.5) is 0 Å². The molecule has 4 unspecified atom stereocenters. The number of amides is 3. The van der Waals surface area contributed by atoms with Gasteiger partial charge in [-0.2, -0.15) is 0 Å². The highest BCUT2D eigenvalue weighted by Gasteiger charge is 2.31. The van der Waals surface area contributed by atoms with Gasteiger partial charge in [0.1, 0.15) is 18.1 Å². The van der Waals surface area contributed by atoms with Gasteiger partial charge in [0.15, 0.2) is 0 Å². The number of carbonyl (C=O) groups is 4. The minimum absolute atomic E-state index is 0.121. The average Bonchev–Trinajstić information content (AvgIpc) is 3.48. The lowest BCUT2D eigenvalue weighted by Crippen LogP contribution is -2.57. The van der Waals surface area contributed by atoms with Gasteiger partial charge in [-0.15, -0.1) is 0 Å². The number of H-pyrrole nitrogens is 1. The van der Waals surface area contributed by atoms with Gasteiger partial charge in [0.2, 0.25) is 17.7 Å². The van der Waals surface area contributed by atoms with Crippen molar-refractivity contribution in [2.45, 2.75) is 70.6 Å². The number of fused-ring (bicyclic) bond motifs is 1. The van der Waals surface area contributed by atoms with Gasteiger partial charge in [-0.1, -0.05) is 32.0 Å². The summed E-state index contributed by atoms with van der Waals surface area (Å²) in [6, 6.07) is 4.29. The highest BCUT2D eigenvalue weighted by molar-refractivity contribution is 5.94. The van der Waals surface area contributed by atoms with E-state index in [1.54, 1.807) is 6.20 Å². The molecule has 3 rings (SSSR count). The van der Waals surface area contributed by atoms with Crippen LogP contribution in [0, 0.1) is 5.92 Å². The quantitative estimate of drug-likeness (QED) is 0.280. The molecule has 2 heterocycles. The molecule has 3 amide bonds. The van der Waals surface area contributed by atoms with E-state index in [9.17, 15) is 24.3 Å². The van der Waals surface area contributed by atoms with E-state index < -0.39 is 35.9 Å². The minimum Gasteiger partial charge on any atom is -0.480 e. The molecule has 6 N–H and O–H groups in total. The molecule has 190 valence electrons. The molecular weight excluding hydrogens is 450 g/mol. The number of rotatable bonds is 11. The molecule has 0 aliphatic carbocycles. The summed E-state index contributed by atoms with van der Waals surface area (Å²) >= 11 is 0. The predicted octanol–water partition coefficient (Wildman–Crippen LogP) is 1.07. The predicted molar refractivity (Wildman–Crippen MR) is 132 cm³/mol. The van der Waals surface area contributed by atoms with Crippen LogP contribution in [0.2, 0.25) is 0 Å². The summed E-state index contributed by atoms with van der Waals surface area (Å²) in [6.07, 6.45) is 3.93. The molecule has 1 aliphatic rings. The molecule has 0 radical (unpaired) electrons. The van der Waals surface area contributed by atoms with Gasteiger partial charge >= 0.3 is 5.97 Å². The molecule has 10 nitrogen and oxygen atoms in total. The monoisotopic (exact) mass is 485 g/mol. The Labute approximate surface area is 204 Å². The van der Waals surface area contributed by atoms with Crippen LogP contribution in [0.1, 0.15) is 45.6 Å². The summed E-state index contributed by atoms with van der Waals surface area (Å²) in [7, 11) is 0. The third kappa shape index (κ3) is 7.05. The van der Waals surface area contributed by atoms with Crippen molar-refractivity contribution >= 4 is 34.6 Å². The number of nitrogens with one attached hydrogen (secondary N) is 5.